The number of halogens is 2. The third-order valence-corrected chi connectivity index (χ3v) is 5.45. The Bertz CT molecular complexity index is 966. The van der Waals surface area contributed by atoms with E-state index in [0.29, 0.717) is 29.6 Å². The summed E-state index contributed by atoms with van der Waals surface area (Å²) in [5, 5.41) is 1.09. The Hall–Kier alpha value is -2.04. The molecule has 0 bridgehead atoms. The van der Waals surface area contributed by atoms with E-state index in [1.165, 1.54) is 0 Å². The number of benzene rings is 2. The summed E-state index contributed by atoms with van der Waals surface area (Å²) in [5.74, 6) is 1.22. The standard InChI is InChI=1S/C19H17Cl2N3O/c1-23-11-13(9-18(23)25)19-22-16-4-2-3-5-17(16)24(19)10-12-6-7-14(20)15(21)8-12/h2-8,13H,9-11H2,1H3/t13-/m0/s1. The number of likely N-dealkylation sites (N-methyl/N-ethyl adjacent to an activating group) is 1. The lowest BCUT2D eigenvalue weighted by atomic mass is 10.1. The molecule has 0 N–H and O–H groups in total. The first-order valence-corrected chi connectivity index (χ1v) is 8.91. The molecule has 2 aromatic carbocycles. The largest absolute Gasteiger partial charge is 0.345 e. The molecule has 4 rings (SSSR count). The summed E-state index contributed by atoms with van der Waals surface area (Å²) in [6.07, 6.45) is 0.501. The molecule has 3 aromatic rings. The minimum atomic E-state index is 0.104. The summed E-state index contributed by atoms with van der Waals surface area (Å²) in [6.45, 7) is 1.34. The zero-order chi connectivity index (χ0) is 17.6. The number of para-hydroxylation sites is 2. The number of rotatable bonds is 3. The van der Waals surface area contributed by atoms with E-state index in [4.69, 9.17) is 28.2 Å². The van der Waals surface area contributed by atoms with E-state index in [1.807, 2.05) is 43.4 Å². The fourth-order valence-electron chi connectivity index (χ4n) is 3.43. The highest BCUT2D eigenvalue weighted by atomic mass is 35.5. The molecule has 0 aliphatic carbocycles. The van der Waals surface area contributed by atoms with Crippen LogP contribution in [-0.4, -0.2) is 34.0 Å². The zero-order valence-electron chi connectivity index (χ0n) is 13.7. The van der Waals surface area contributed by atoms with E-state index in [2.05, 4.69) is 10.6 Å². The third-order valence-electron chi connectivity index (χ3n) is 4.71. The highest BCUT2D eigenvalue weighted by Crippen LogP contribution is 2.31. The lowest BCUT2D eigenvalue weighted by Crippen LogP contribution is -2.19. The van der Waals surface area contributed by atoms with Crippen LogP contribution in [0.4, 0.5) is 0 Å². The quantitative estimate of drug-likeness (QED) is 0.684. The number of carbonyl (C=O) groups excluding carboxylic acids is 1. The molecule has 1 aliphatic heterocycles. The van der Waals surface area contributed by atoms with Gasteiger partial charge >= 0.3 is 0 Å². The molecule has 1 atom stereocenters. The Morgan fingerprint density at radius 3 is 2.68 bits per heavy atom. The molecule has 1 aromatic heterocycles. The topological polar surface area (TPSA) is 38.1 Å². The number of aromatic nitrogens is 2. The molecule has 0 unspecified atom stereocenters. The molecular formula is C19H17Cl2N3O. The Morgan fingerprint density at radius 1 is 1.16 bits per heavy atom. The highest BCUT2D eigenvalue weighted by Gasteiger charge is 2.31. The molecule has 1 saturated heterocycles. The molecule has 0 spiro atoms. The van der Waals surface area contributed by atoms with Crippen molar-refractivity contribution >= 4 is 40.1 Å². The van der Waals surface area contributed by atoms with E-state index >= 15 is 0 Å². The molecule has 1 fully saturated rings. The van der Waals surface area contributed by atoms with Crippen molar-refractivity contribution in [2.75, 3.05) is 13.6 Å². The molecule has 4 nitrogen and oxygen atoms in total. The van der Waals surface area contributed by atoms with Gasteiger partial charge in [-0.25, -0.2) is 4.98 Å². The van der Waals surface area contributed by atoms with Crippen molar-refractivity contribution in [1.82, 2.24) is 14.5 Å². The van der Waals surface area contributed by atoms with Crippen LogP contribution in [-0.2, 0) is 11.3 Å². The van der Waals surface area contributed by atoms with Crippen LogP contribution in [0.3, 0.4) is 0 Å². The third kappa shape index (κ3) is 3.00. The minimum absolute atomic E-state index is 0.104. The fourth-order valence-corrected chi connectivity index (χ4v) is 3.75. The summed E-state index contributed by atoms with van der Waals surface area (Å²) in [4.78, 5) is 18.6. The van der Waals surface area contributed by atoms with Gasteiger partial charge in [0.2, 0.25) is 5.91 Å². The molecule has 6 heteroatoms. The van der Waals surface area contributed by atoms with Crippen molar-refractivity contribution in [3.63, 3.8) is 0 Å². The maximum Gasteiger partial charge on any atom is 0.223 e. The second-order valence-electron chi connectivity index (χ2n) is 6.47. The van der Waals surface area contributed by atoms with Crippen LogP contribution in [0.25, 0.3) is 11.0 Å². The van der Waals surface area contributed by atoms with Gasteiger partial charge < -0.3 is 9.47 Å². The first kappa shape index (κ1) is 16.4. The molecule has 128 valence electrons. The average Bonchev–Trinajstić information content (AvgIpc) is 3.12. The van der Waals surface area contributed by atoms with Crippen LogP contribution in [0.2, 0.25) is 10.0 Å². The van der Waals surface area contributed by atoms with Crippen molar-refractivity contribution in [3.05, 3.63) is 63.9 Å². The molecular weight excluding hydrogens is 357 g/mol. The Balaban J connectivity index is 1.79. The summed E-state index contributed by atoms with van der Waals surface area (Å²) >= 11 is 12.2. The van der Waals surface area contributed by atoms with Crippen LogP contribution >= 0.6 is 23.2 Å². The van der Waals surface area contributed by atoms with Crippen LogP contribution in [0, 0.1) is 0 Å². The smallest absolute Gasteiger partial charge is 0.223 e. The summed E-state index contributed by atoms with van der Waals surface area (Å²) in [5.41, 5.74) is 3.06. The van der Waals surface area contributed by atoms with Gasteiger partial charge in [-0.05, 0) is 29.8 Å². The molecule has 2 heterocycles. The molecule has 0 radical (unpaired) electrons. The number of likely N-dealkylation sites (tertiary alicyclic amines) is 1. The summed E-state index contributed by atoms with van der Waals surface area (Å²) in [7, 11) is 1.84. The first-order valence-electron chi connectivity index (χ1n) is 8.16. The van der Waals surface area contributed by atoms with Gasteiger partial charge in [0.25, 0.3) is 0 Å². The maximum absolute atomic E-state index is 12.0. The van der Waals surface area contributed by atoms with Gasteiger partial charge in [-0.15, -0.1) is 0 Å². The van der Waals surface area contributed by atoms with Crippen molar-refractivity contribution in [2.24, 2.45) is 0 Å². The van der Waals surface area contributed by atoms with E-state index in [1.54, 1.807) is 4.90 Å². The van der Waals surface area contributed by atoms with Gasteiger partial charge in [0.1, 0.15) is 5.82 Å². The molecule has 1 amide bonds. The Morgan fingerprint density at radius 2 is 1.96 bits per heavy atom. The Labute approximate surface area is 156 Å². The summed E-state index contributed by atoms with van der Waals surface area (Å²) < 4.78 is 2.19. The van der Waals surface area contributed by atoms with Crippen molar-refractivity contribution < 1.29 is 4.79 Å². The minimum Gasteiger partial charge on any atom is -0.345 e. The number of amides is 1. The number of carbonyl (C=O) groups is 1. The number of nitrogens with zero attached hydrogens (tertiary/aromatic N) is 3. The molecule has 1 aliphatic rings. The van der Waals surface area contributed by atoms with E-state index in [9.17, 15) is 4.79 Å². The van der Waals surface area contributed by atoms with Gasteiger partial charge in [-0.3, -0.25) is 4.79 Å². The van der Waals surface area contributed by atoms with E-state index in [0.717, 1.165) is 22.4 Å². The van der Waals surface area contributed by atoms with Crippen LogP contribution in [0.5, 0.6) is 0 Å². The van der Waals surface area contributed by atoms with Crippen LogP contribution in [0.15, 0.2) is 42.5 Å². The normalized spacial score (nSPS) is 17.6. The fraction of sp³-hybridized carbons (Fsp3) is 0.263. The second-order valence-corrected chi connectivity index (χ2v) is 7.28. The van der Waals surface area contributed by atoms with Gasteiger partial charge in [0.05, 0.1) is 21.1 Å². The number of fused-ring (bicyclic) bond motifs is 1. The first-order chi connectivity index (χ1) is 12.0. The molecule has 0 saturated carbocycles. The maximum atomic E-state index is 12.0. The SMILES string of the molecule is CN1C[C@@H](c2nc3ccccc3n2Cc2ccc(Cl)c(Cl)c2)CC1=O. The predicted molar refractivity (Wildman–Crippen MR) is 100 cm³/mol. The number of imidazole rings is 1. The second kappa shape index (κ2) is 6.36. The lowest BCUT2D eigenvalue weighted by molar-refractivity contribution is -0.126. The Kier molecular flexibility index (Phi) is 4.18. The van der Waals surface area contributed by atoms with Crippen LogP contribution in [0.1, 0.15) is 23.7 Å². The summed E-state index contributed by atoms with van der Waals surface area (Å²) in [6, 6.07) is 13.7. The van der Waals surface area contributed by atoms with E-state index < -0.39 is 0 Å². The monoisotopic (exact) mass is 373 g/mol. The molecule has 25 heavy (non-hydrogen) atoms. The van der Waals surface area contributed by atoms with Gasteiger partial charge in [-0.1, -0.05) is 41.4 Å². The van der Waals surface area contributed by atoms with Gasteiger partial charge in [0.15, 0.2) is 0 Å². The lowest BCUT2D eigenvalue weighted by Gasteiger charge is -2.14. The zero-order valence-corrected chi connectivity index (χ0v) is 15.3. The van der Waals surface area contributed by atoms with Crippen molar-refractivity contribution in [1.29, 1.82) is 0 Å². The van der Waals surface area contributed by atoms with Crippen LogP contribution < -0.4 is 0 Å². The van der Waals surface area contributed by atoms with Gasteiger partial charge in [0, 0.05) is 32.5 Å². The van der Waals surface area contributed by atoms with E-state index in [-0.39, 0.29) is 11.8 Å². The highest BCUT2D eigenvalue weighted by molar-refractivity contribution is 6.42. The van der Waals surface area contributed by atoms with Crippen molar-refractivity contribution in [2.45, 2.75) is 18.9 Å². The van der Waals surface area contributed by atoms with Crippen molar-refractivity contribution in [3.8, 4) is 0 Å². The predicted octanol–water partition coefficient (Wildman–Crippen LogP) is 4.34. The average molecular weight is 374 g/mol. The van der Waals surface area contributed by atoms with Gasteiger partial charge in [-0.2, -0.15) is 0 Å². The number of hydrogen-bond acceptors (Lipinski definition) is 2. The number of hydrogen-bond donors (Lipinski definition) is 0.